The molecule has 2 rings (SSSR count). The largest absolute Gasteiger partial charge is 0.361 e. The van der Waals surface area contributed by atoms with E-state index in [1.54, 1.807) is 0 Å². The zero-order valence-electron chi connectivity index (χ0n) is 10.3. The molecule has 0 unspecified atom stereocenters. The van der Waals surface area contributed by atoms with Gasteiger partial charge in [-0.3, -0.25) is 4.68 Å². The third-order valence-electron chi connectivity index (χ3n) is 2.53. The Bertz CT molecular complexity index is 461. The third kappa shape index (κ3) is 3.17. The molecular weight excluding hydrogens is 216 g/mol. The number of nitrogens with zero attached hydrogens (tertiary/aromatic N) is 3. The SMILES string of the molecule is CCCn1nccc1CNCc1cc(C)on1. The van der Waals surface area contributed by atoms with E-state index in [0.717, 1.165) is 31.0 Å². The average Bonchev–Trinajstić information content (AvgIpc) is 2.90. The smallest absolute Gasteiger partial charge is 0.133 e. The Morgan fingerprint density at radius 2 is 2.29 bits per heavy atom. The maximum absolute atomic E-state index is 5.01. The summed E-state index contributed by atoms with van der Waals surface area (Å²) in [6, 6.07) is 3.98. The standard InChI is InChI=1S/C12H18N4O/c1-3-6-16-12(4-5-14-16)9-13-8-11-7-10(2)17-15-11/h4-5,7,13H,3,6,8-9H2,1-2H3. The number of aryl methyl sites for hydroxylation is 2. The first-order chi connectivity index (χ1) is 8.29. The molecule has 0 amide bonds. The second-order valence-electron chi connectivity index (χ2n) is 4.08. The maximum Gasteiger partial charge on any atom is 0.133 e. The molecule has 2 aromatic rings. The summed E-state index contributed by atoms with van der Waals surface area (Å²) in [5.74, 6) is 0.845. The van der Waals surface area contributed by atoms with Crippen molar-refractivity contribution >= 4 is 0 Å². The van der Waals surface area contributed by atoms with E-state index in [4.69, 9.17) is 4.52 Å². The second-order valence-corrected chi connectivity index (χ2v) is 4.08. The molecule has 0 aliphatic heterocycles. The van der Waals surface area contributed by atoms with Crippen LogP contribution in [0.2, 0.25) is 0 Å². The Kier molecular flexibility index (Phi) is 3.93. The van der Waals surface area contributed by atoms with Crippen LogP contribution in [0.5, 0.6) is 0 Å². The Morgan fingerprint density at radius 3 is 3.00 bits per heavy atom. The van der Waals surface area contributed by atoms with Gasteiger partial charge in [0.1, 0.15) is 5.76 Å². The number of hydrogen-bond acceptors (Lipinski definition) is 4. The molecule has 92 valence electrons. The Morgan fingerprint density at radius 1 is 1.41 bits per heavy atom. The molecule has 0 bridgehead atoms. The fraction of sp³-hybridized carbons (Fsp3) is 0.500. The van der Waals surface area contributed by atoms with Crippen LogP contribution in [-0.2, 0) is 19.6 Å². The van der Waals surface area contributed by atoms with E-state index in [1.807, 2.05) is 29.9 Å². The van der Waals surface area contributed by atoms with Gasteiger partial charge in [0, 0.05) is 31.9 Å². The summed E-state index contributed by atoms with van der Waals surface area (Å²) in [6.45, 7) is 6.53. The summed E-state index contributed by atoms with van der Waals surface area (Å²) in [4.78, 5) is 0. The van der Waals surface area contributed by atoms with Gasteiger partial charge in [-0.1, -0.05) is 12.1 Å². The molecule has 0 aliphatic carbocycles. The fourth-order valence-corrected chi connectivity index (χ4v) is 1.74. The lowest BCUT2D eigenvalue weighted by Crippen LogP contribution is -2.16. The van der Waals surface area contributed by atoms with Gasteiger partial charge in [0.15, 0.2) is 0 Å². The molecule has 0 radical (unpaired) electrons. The normalized spacial score (nSPS) is 10.9. The number of rotatable bonds is 6. The monoisotopic (exact) mass is 234 g/mol. The first kappa shape index (κ1) is 11.9. The highest BCUT2D eigenvalue weighted by molar-refractivity contribution is 5.04. The highest BCUT2D eigenvalue weighted by Crippen LogP contribution is 2.03. The molecule has 17 heavy (non-hydrogen) atoms. The molecule has 0 atom stereocenters. The van der Waals surface area contributed by atoms with Gasteiger partial charge in [0.25, 0.3) is 0 Å². The lowest BCUT2D eigenvalue weighted by Gasteiger charge is -2.06. The molecule has 0 saturated heterocycles. The van der Waals surface area contributed by atoms with Gasteiger partial charge in [-0.2, -0.15) is 5.10 Å². The predicted molar refractivity (Wildman–Crippen MR) is 64.3 cm³/mol. The minimum atomic E-state index is 0.717. The van der Waals surface area contributed by atoms with Crippen LogP contribution < -0.4 is 5.32 Å². The molecule has 0 saturated carbocycles. The van der Waals surface area contributed by atoms with Crippen molar-refractivity contribution in [2.75, 3.05) is 0 Å². The summed E-state index contributed by atoms with van der Waals surface area (Å²) < 4.78 is 7.04. The number of nitrogens with one attached hydrogen (secondary N) is 1. The quantitative estimate of drug-likeness (QED) is 0.829. The molecule has 1 N–H and O–H groups in total. The average molecular weight is 234 g/mol. The van der Waals surface area contributed by atoms with Crippen molar-refractivity contribution in [3.8, 4) is 0 Å². The minimum Gasteiger partial charge on any atom is -0.361 e. The van der Waals surface area contributed by atoms with Crippen molar-refractivity contribution in [1.82, 2.24) is 20.3 Å². The van der Waals surface area contributed by atoms with Crippen LogP contribution in [0.15, 0.2) is 22.9 Å². The van der Waals surface area contributed by atoms with Crippen molar-refractivity contribution in [2.45, 2.75) is 39.9 Å². The molecule has 5 nitrogen and oxygen atoms in total. The Balaban J connectivity index is 1.83. The van der Waals surface area contributed by atoms with Gasteiger partial charge in [0.05, 0.1) is 11.4 Å². The van der Waals surface area contributed by atoms with E-state index in [2.05, 4.69) is 22.5 Å². The summed E-state index contributed by atoms with van der Waals surface area (Å²) >= 11 is 0. The lowest BCUT2D eigenvalue weighted by molar-refractivity contribution is 0.387. The van der Waals surface area contributed by atoms with Crippen LogP contribution in [0.3, 0.4) is 0 Å². The maximum atomic E-state index is 5.01. The van der Waals surface area contributed by atoms with Crippen molar-refractivity contribution < 1.29 is 4.52 Å². The third-order valence-corrected chi connectivity index (χ3v) is 2.53. The van der Waals surface area contributed by atoms with Crippen LogP contribution in [-0.4, -0.2) is 14.9 Å². The van der Waals surface area contributed by atoms with Crippen molar-refractivity contribution in [2.24, 2.45) is 0 Å². The highest BCUT2D eigenvalue weighted by Gasteiger charge is 2.03. The Hall–Kier alpha value is -1.62. The van der Waals surface area contributed by atoms with Gasteiger partial charge in [-0.25, -0.2) is 0 Å². The molecule has 5 heteroatoms. The topological polar surface area (TPSA) is 55.9 Å². The van der Waals surface area contributed by atoms with Crippen molar-refractivity contribution in [1.29, 1.82) is 0 Å². The first-order valence-corrected chi connectivity index (χ1v) is 5.93. The summed E-state index contributed by atoms with van der Waals surface area (Å²) in [6.07, 6.45) is 2.93. The van der Waals surface area contributed by atoms with E-state index in [1.165, 1.54) is 5.69 Å². The Labute approximate surface area is 101 Å². The molecule has 2 aromatic heterocycles. The molecule has 0 spiro atoms. The van der Waals surface area contributed by atoms with E-state index in [-0.39, 0.29) is 0 Å². The molecule has 2 heterocycles. The van der Waals surface area contributed by atoms with Crippen LogP contribution in [0, 0.1) is 6.92 Å². The predicted octanol–water partition coefficient (Wildman–Crippen LogP) is 1.88. The van der Waals surface area contributed by atoms with Gasteiger partial charge in [-0.05, 0) is 19.4 Å². The molecule has 0 aliphatic rings. The lowest BCUT2D eigenvalue weighted by atomic mass is 10.3. The molecular formula is C12H18N4O. The van der Waals surface area contributed by atoms with Crippen LogP contribution in [0.25, 0.3) is 0 Å². The van der Waals surface area contributed by atoms with E-state index >= 15 is 0 Å². The van der Waals surface area contributed by atoms with Crippen LogP contribution in [0.1, 0.15) is 30.5 Å². The molecule has 0 aromatic carbocycles. The minimum absolute atomic E-state index is 0.717. The van der Waals surface area contributed by atoms with Crippen LogP contribution in [0.4, 0.5) is 0 Å². The summed E-state index contributed by atoms with van der Waals surface area (Å²) in [7, 11) is 0. The summed E-state index contributed by atoms with van der Waals surface area (Å²) in [5, 5.41) is 11.5. The van der Waals surface area contributed by atoms with Crippen molar-refractivity contribution in [3.63, 3.8) is 0 Å². The van der Waals surface area contributed by atoms with Gasteiger partial charge in [-0.15, -0.1) is 0 Å². The first-order valence-electron chi connectivity index (χ1n) is 5.93. The van der Waals surface area contributed by atoms with Gasteiger partial charge >= 0.3 is 0 Å². The molecule has 0 fully saturated rings. The zero-order valence-corrected chi connectivity index (χ0v) is 10.3. The van der Waals surface area contributed by atoms with Crippen LogP contribution >= 0.6 is 0 Å². The van der Waals surface area contributed by atoms with E-state index in [0.29, 0.717) is 6.54 Å². The van der Waals surface area contributed by atoms with E-state index in [9.17, 15) is 0 Å². The van der Waals surface area contributed by atoms with Gasteiger partial charge < -0.3 is 9.84 Å². The summed E-state index contributed by atoms with van der Waals surface area (Å²) in [5.41, 5.74) is 2.14. The zero-order chi connectivity index (χ0) is 12.1. The van der Waals surface area contributed by atoms with Crippen molar-refractivity contribution in [3.05, 3.63) is 35.5 Å². The van der Waals surface area contributed by atoms with E-state index < -0.39 is 0 Å². The number of hydrogen-bond donors (Lipinski definition) is 1. The number of aromatic nitrogens is 3. The highest BCUT2D eigenvalue weighted by atomic mass is 16.5. The van der Waals surface area contributed by atoms with Gasteiger partial charge in [0.2, 0.25) is 0 Å². The fourth-order valence-electron chi connectivity index (χ4n) is 1.74. The second kappa shape index (κ2) is 5.63.